The highest BCUT2D eigenvalue weighted by Crippen LogP contribution is 2.45. The number of aromatic nitrogens is 1. The van der Waals surface area contributed by atoms with E-state index in [2.05, 4.69) is 0 Å². The Bertz CT molecular complexity index is 839. The van der Waals surface area contributed by atoms with E-state index in [-0.39, 0.29) is 17.1 Å². The van der Waals surface area contributed by atoms with Gasteiger partial charge in [-0.3, -0.25) is 9.59 Å². The van der Waals surface area contributed by atoms with Crippen LogP contribution in [0, 0.1) is 0 Å². The maximum absolute atomic E-state index is 13.1. The van der Waals surface area contributed by atoms with Crippen LogP contribution >= 0.6 is 0 Å². The summed E-state index contributed by atoms with van der Waals surface area (Å²) < 4.78 is 1.94. The first kappa shape index (κ1) is 14.9. The van der Waals surface area contributed by atoms with Crippen LogP contribution in [-0.2, 0) is 10.3 Å². The maximum atomic E-state index is 13.1. The third-order valence-corrected chi connectivity index (χ3v) is 5.33. The summed E-state index contributed by atoms with van der Waals surface area (Å²) in [6.45, 7) is 0. The number of benzene rings is 1. The fourth-order valence-electron chi connectivity index (χ4n) is 4.21. The van der Waals surface area contributed by atoms with Crippen molar-refractivity contribution in [2.24, 2.45) is 0 Å². The predicted octanol–water partition coefficient (Wildman–Crippen LogP) is 4.02. The van der Waals surface area contributed by atoms with Crippen LogP contribution in [0.25, 0.3) is 11.3 Å². The summed E-state index contributed by atoms with van der Waals surface area (Å²) in [4.78, 5) is 25.8. The second-order valence-corrected chi connectivity index (χ2v) is 6.60. The zero-order valence-electron chi connectivity index (χ0n) is 13.4. The average Bonchev–Trinajstić information content (AvgIpc) is 3.08. The van der Waals surface area contributed by atoms with E-state index >= 15 is 0 Å². The Morgan fingerprint density at radius 1 is 0.917 bits per heavy atom. The molecule has 1 aromatic heterocycles. The van der Waals surface area contributed by atoms with Crippen molar-refractivity contribution in [1.82, 2.24) is 4.57 Å². The van der Waals surface area contributed by atoms with E-state index in [9.17, 15) is 14.7 Å². The van der Waals surface area contributed by atoms with Gasteiger partial charge >= 0.3 is 0 Å². The summed E-state index contributed by atoms with van der Waals surface area (Å²) in [7, 11) is 0. The Kier molecular flexibility index (Phi) is 3.41. The maximum Gasteiger partial charge on any atom is 0.216 e. The number of hydrogen-bond donors (Lipinski definition) is 1. The van der Waals surface area contributed by atoms with Crippen molar-refractivity contribution >= 4 is 11.6 Å². The fourth-order valence-corrected chi connectivity index (χ4v) is 4.21. The lowest BCUT2D eigenvalue weighted by Gasteiger charge is -2.42. The standard InChI is InChI=1S/C20H19NO3/c22-13-15-18(23)17-10-9-16(14-7-3-1-4-8-14)21(17)20(19(15)24)11-5-2-6-12-20/h1,3-4,7-10,13,22H,2,5-6,11-12H2. The Hall–Kier alpha value is -2.62. The summed E-state index contributed by atoms with van der Waals surface area (Å²) in [5, 5.41) is 9.48. The predicted molar refractivity (Wildman–Crippen MR) is 91.0 cm³/mol. The van der Waals surface area contributed by atoms with Crippen LogP contribution in [0.3, 0.4) is 0 Å². The number of carbonyl (C=O) groups is 2. The summed E-state index contributed by atoms with van der Waals surface area (Å²) in [5.74, 6) is -0.628. The molecule has 4 heteroatoms. The quantitative estimate of drug-likeness (QED) is 0.490. The monoisotopic (exact) mass is 321 g/mol. The first-order valence-corrected chi connectivity index (χ1v) is 8.40. The van der Waals surface area contributed by atoms with E-state index in [1.165, 1.54) is 0 Å². The number of hydrogen-bond acceptors (Lipinski definition) is 3. The lowest BCUT2D eigenvalue weighted by atomic mass is 9.73. The van der Waals surface area contributed by atoms with E-state index in [1.807, 2.05) is 41.0 Å². The Morgan fingerprint density at radius 3 is 2.25 bits per heavy atom. The summed E-state index contributed by atoms with van der Waals surface area (Å²) in [6, 6.07) is 13.5. The molecular formula is C20H19NO3. The molecule has 0 unspecified atom stereocenters. The van der Waals surface area contributed by atoms with Crippen molar-refractivity contribution in [3.63, 3.8) is 0 Å². The molecule has 2 aromatic rings. The van der Waals surface area contributed by atoms with E-state index in [0.717, 1.165) is 30.5 Å². The zero-order chi connectivity index (χ0) is 16.7. The van der Waals surface area contributed by atoms with Crippen LogP contribution in [0.15, 0.2) is 54.3 Å². The molecule has 1 N–H and O–H groups in total. The van der Waals surface area contributed by atoms with E-state index < -0.39 is 5.54 Å². The van der Waals surface area contributed by atoms with E-state index in [0.29, 0.717) is 24.8 Å². The van der Waals surface area contributed by atoms with Gasteiger partial charge < -0.3 is 9.67 Å². The topological polar surface area (TPSA) is 59.3 Å². The lowest BCUT2D eigenvalue weighted by molar-refractivity contribution is -0.125. The molecule has 1 spiro atoms. The summed E-state index contributed by atoms with van der Waals surface area (Å²) in [6.07, 6.45) is 5.10. The molecule has 1 aliphatic carbocycles. The summed E-state index contributed by atoms with van der Waals surface area (Å²) >= 11 is 0. The largest absolute Gasteiger partial charge is 0.515 e. The molecule has 0 bridgehead atoms. The normalized spacial score (nSPS) is 21.2. The highest BCUT2D eigenvalue weighted by Gasteiger charge is 2.50. The van der Waals surface area contributed by atoms with Crippen LogP contribution in [0.4, 0.5) is 0 Å². The van der Waals surface area contributed by atoms with Crippen LogP contribution in [-0.4, -0.2) is 21.2 Å². The molecule has 2 aliphatic rings. The number of aliphatic hydroxyl groups is 1. The van der Waals surface area contributed by atoms with Crippen LogP contribution in [0.1, 0.15) is 42.6 Å². The molecule has 4 rings (SSSR count). The molecule has 4 nitrogen and oxygen atoms in total. The fraction of sp³-hybridized carbons (Fsp3) is 0.300. The van der Waals surface area contributed by atoms with Crippen LogP contribution < -0.4 is 0 Å². The summed E-state index contributed by atoms with van der Waals surface area (Å²) in [5.41, 5.74) is 1.56. The number of Topliss-reactive ketones (excluding diaryl/α,β-unsaturated/α-hetero) is 2. The minimum Gasteiger partial charge on any atom is -0.515 e. The minimum atomic E-state index is -0.745. The Morgan fingerprint density at radius 2 is 1.58 bits per heavy atom. The Labute approximate surface area is 140 Å². The first-order chi connectivity index (χ1) is 11.7. The molecule has 1 aromatic carbocycles. The number of allylic oxidation sites excluding steroid dienone is 1. The van der Waals surface area contributed by atoms with Crippen molar-refractivity contribution in [1.29, 1.82) is 0 Å². The lowest BCUT2D eigenvalue weighted by Crippen LogP contribution is -2.50. The molecule has 2 heterocycles. The van der Waals surface area contributed by atoms with Gasteiger partial charge in [0.1, 0.15) is 11.1 Å². The second kappa shape index (κ2) is 5.48. The molecule has 0 radical (unpaired) electrons. The molecular weight excluding hydrogens is 302 g/mol. The third-order valence-electron chi connectivity index (χ3n) is 5.33. The molecule has 1 aliphatic heterocycles. The second-order valence-electron chi connectivity index (χ2n) is 6.60. The van der Waals surface area contributed by atoms with Crippen molar-refractivity contribution in [2.75, 3.05) is 0 Å². The first-order valence-electron chi connectivity index (χ1n) is 8.40. The minimum absolute atomic E-state index is 0.0814. The zero-order valence-corrected chi connectivity index (χ0v) is 13.4. The number of aliphatic hydroxyl groups excluding tert-OH is 1. The van der Waals surface area contributed by atoms with Gasteiger partial charge in [-0.05, 0) is 30.5 Å². The van der Waals surface area contributed by atoms with Crippen LogP contribution in [0.2, 0.25) is 0 Å². The van der Waals surface area contributed by atoms with E-state index in [4.69, 9.17) is 0 Å². The number of rotatable bonds is 1. The van der Waals surface area contributed by atoms with Gasteiger partial charge in [0.05, 0.1) is 12.0 Å². The van der Waals surface area contributed by atoms with Gasteiger partial charge in [0.25, 0.3) is 0 Å². The van der Waals surface area contributed by atoms with Crippen molar-refractivity contribution in [3.8, 4) is 11.3 Å². The molecule has 1 saturated carbocycles. The van der Waals surface area contributed by atoms with Crippen molar-refractivity contribution < 1.29 is 14.7 Å². The van der Waals surface area contributed by atoms with Crippen molar-refractivity contribution in [3.05, 3.63) is 60.0 Å². The number of fused-ring (bicyclic) bond motifs is 2. The third kappa shape index (κ3) is 1.92. The molecule has 24 heavy (non-hydrogen) atoms. The van der Waals surface area contributed by atoms with Gasteiger partial charge in [0, 0.05) is 5.69 Å². The molecule has 0 amide bonds. The van der Waals surface area contributed by atoms with E-state index in [1.54, 1.807) is 6.07 Å². The number of carbonyl (C=O) groups excluding carboxylic acids is 2. The number of nitrogens with zero attached hydrogens (tertiary/aromatic N) is 1. The average molecular weight is 321 g/mol. The van der Waals surface area contributed by atoms with Gasteiger partial charge in [-0.15, -0.1) is 0 Å². The molecule has 1 fully saturated rings. The van der Waals surface area contributed by atoms with Gasteiger partial charge in [-0.1, -0.05) is 49.6 Å². The van der Waals surface area contributed by atoms with Gasteiger partial charge in [-0.2, -0.15) is 0 Å². The molecule has 122 valence electrons. The van der Waals surface area contributed by atoms with Gasteiger partial charge in [-0.25, -0.2) is 0 Å². The van der Waals surface area contributed by atoms with Gasteiger partial charge in [0.2, 0.25) is 5.78 Å². The highest BCUT2D eigenvalue weighted by atomic mass is 16.2. The SMILES string of the molecule is O=C1C(=CO)C(=O)C2(CCCCC2)n2c1ccc2-c1ccccc1. The Balaban J connectivity index is 2.00. The smallest absolute Gasteiger partial charge is 0.216 e. The van der Waals surface area contributed by atoms with Crippen molar-refractivity contribution in [2.45, 2.75) is 37.6 Å². The molecule has 0 saturated heterocycles. The molecule has 0 atom stereocenters. The highest BCUT2D eigenvalue weighted by molar-refractivity contribution is 6.30. The number of ketones is 2. The van der Waals surface area contributed by atoms with Gasteiger partial charge in [0.15, 0.2) is 5.78 Å². The van der Waals surface area contributed by atoms with Crippen LogP contribution in [0.5, 0.6) is 0 Å².